The fourth-order valence-corrected chi connectivity index (χ4v) is 3.60. The largest absolute Gasteiger partial charge is 0.465 e. The SMILES string of the molecule is COC(=O)c1ccc(N)c(N[C@H]2CC(C)CC(C)(C)C2)c1. The van der Waals surface area contributed by atoms with Gasteiger partial charge in [0, 0.05) is 6.04 Å². The number of rotatable bonds is 3. The molecule has 116 valence electrons. The van der Waals surface area contributed by atoms with E-state index in [1.54, 1.807) is 18.2 Å². The maximum atomic E-state index is 11.6. The maximum Gasteiger partial charge on any atom is 0.337 e. The zero-order valence-corrected chi connectivity index (χ0v) is 13.4. The van der Waals surface area contributed by atoms with Gasteiger partial charge in [-0.3, -0.25) is 0 Å². The minimum absolute atomic E-state index is 0.337. The first-order valence-corrected chi connectivity index (χ1v) is 7.55. The number of hydrogen-bond donors (Lipinski definition) is 2. The average Bonchev–Trinajstić information content (AvgIpc) is 2.38. The minimum Gasteiger partial charge on any atom is -0.465 e. The van der Waals surface area contributed by atoms with E-state index >= 15 is 0 Å². The molecule has 0 aromatic heterocycles. The molecule has 1 saturated carbocycles. The third-order valence-corrected chi connectivity index (χ3v) is 4.22. The number of ether oxygens (including phenoxy) is 1. The Morgan fingerprint density at radius 1 is 1.38 bits per heavy atom. The fraction of sp³-hybridized carbons (Fsp3) is 0.588. The molecule has 0 radical (unpaired) electrons. The Bertz CT molecular complexity index is 526. The summed E-state index contributed by atoms with van der Waals surface area (Å²) in [5.41, 5.74) is 8.39. The third-order valence-electron chi connectivity index (χ3n) is 4.22. The molecule has 0 bridgehead atoms. The third kappa shape index (κ3) is 3.90. The second kappa shape index (κ2) is 5.96. The molecule has 1 aromatic carbocycles. The van der Waals surface area contributed by atoms with Crippen molar-refractivity contribution in [2.24, 2.45) is 11.3 Å². The molecule has 0 saturated heterocycles. The van der Waals surface area contributed by atoms with E-state index in [4.69, 9.17) is 10.5 Å². The molecule has 0 amide bonds. The first-order chi connectivity index (χ1) is 9.80. The van der Waals surface area contributed by atoms with Gasteiger partial charge in [-0.1, -0.05) is 20.8 Å². The van der Waals surface area contributed by atoms with Crippen molar-refractivity contribution in [2.75, 3.05) is 18.2 Å². The van der Waals surface area contributed by atoms with Crippen LogP contribution in [-0.2, 0) is 4.74 Å². The van der Waals surface area contributed by atoms with Crippen molar-refractivity contribution < 1.29 is 9.53 Å². The molecule has 1 aromatic rings. The second-order valence-corrected chi connectivity index (χ2v) is 7.05. The Morgan fingerprint density at radius 3 is 2.71 bits per heavy atom. The summed E-state index contributed by atoms with van der Waals surface area (Å²) in [5, 5.41) is 3.52. The van der Waals surface area contributed by atoms with Gasteiger partial charge in [-0.05, 0) is 48.8 Å². The van der Waals surface area contributed by atoms with E-state index in [0.717, 1.165) is 18.5 Å². The number of benzene rings is 1. The summed E-state index contributed by atoms with van der Waals surface area (Å²) >= 11 is 0. The van der Waals surface area contributed by atoms with Crippen LogP contribution in [0.2, 0.25) is 0 Å². The monoisotopic (exact) mass is 290 g/mol. The lowest BCUT2D eigenvalue weighted by Gasteiger charge is -2.39. The molecule has 3 N–H and O–H groups in total. The van der Waals surface area contributed by atoms with Gasteiger partial charge >= 0.3 is 5.97 Å². The Balaban J connectivity index is 2.17. The van der Waals surface area contributed by atoms with Crippen molar-refractivity contribution in [2.45, 2.75) is 46.1 Å². The molecule has 0 aliphatic heterocycles. The number of hydrogen-bond acceptors (Lipinski definition) is 4. The van der Waals surface area contributed by atoms with Crippen LogP contribution in [0.1, 0.15) is 50.4 Å². The number of esters is 1. The van der Waals surface area contributed by atoms with E-state index < -0.39 is 0 Å². The van der Waals surface area contributed by atoms with Crippen LogP contribution in [0.25, 0.3) is 0 Å². The molecule has 0 spiro atoms. The predicted molar refractivity (Wildman–Crippen MR) is 86.4 cm³/mol. The van der Waals surface area contributed by atoms with Crippen molar-refractivity contribution >= 4 is 17.3 Å². The Labute approximate surface area is 127 Å². The number of nitrogen functional groups attached to an aromatic ring is 1. The fourth-order valence-electron chi connectivity index (χ4n) is 3.60. The molecule has 2 rings (SSSR count). The normalized spacial score (nSPS) is 24.4. The van der Waals surface area contributed by atoms with E-state index in [2.05, 4.69) is 26.1 Å². The highest BCUT2D eigenvalue weighted by molar-refractivity contribution is 5.92. The van der Waals surface area contributed by atoms with Gasteiger partial charge in [0.25, 0.3) is 0 Å². The van der Waals surface area contributed by atoms with Crippen LogP contribution in [0.15, 0.2) is 18.2 Å². The molecular formula is C17H26N2O2. The van der Waals surface area contributed by atoms with Gasteiger partial charge in [0.1, 0.15) is 0 Å². The molecule has 1 unspecified atom stereocenters. The van der Waals surface area contributed by atoms with Gasteiger partial charge in [0.15, 0.2) is 0 Å². The molecule has 4 nitrogen and oxygen atoms in total. The number of nitrogens with two attached hydrogens (primary N) is 1. The number of carbonyl (C=O) groups excluding carboxylic acids is 1. The van der Waals surface area contributed by atoms with Crippen LogP contribution in [0.3, 0.4) is 0 Å². The van der Waals surface area contributed by atoms with Gasteiger partial charge in [-0.25, -0.2) is 4.79 Å². The summed E-state index contributed by atoms with van der Waals surface area (Å²) in [6, 6.07) is 5.62. The molecule has 1 aliphatic rings. The lowest BCUT2D eigenvalue weighted by Crippen LogP contribution is -2.35. The summed E-state index contributed by atoms with van der Waals surface area (Å²) in [6.07, 6.45) is 3.49. The first-order valence-electron chi connectivity index (χ1n) is 7.55. The Morgan fingerprint density at radius 2 is 2.10 bits per heavy atom. The van der Waals surface area contributed by atoms with Gasteiger partial charge < -0.3 is 15.8 Å². The van der Waals surface area contributed by atoms with Crippen molar-refractivity contribution in [3.05, 3.63) is 23.8 Å². The predicted octanol–water partition coefficient (Wildman–Crippen LogP) is 3.68. The number of methoxy groups -OCH3 is 1. The lowest BCUT2D eigenvalue weighted by molar-refractivity contribution is 0.0601. The lowest BCUT2D eigenvalue weighted by atomic mass is 9.70. The summed E-state index contributed by atoms with van der Waals surface area (Å²) in [6.45, 7) is 6.92. The summed E-state index contributed by atoms with van der Waals surface area (Å²) in [7, 11) is 1.39. The topological polar surface area (TPSA) is 64.3 Å². The van der Waals surface area contributed by atoms with Gasteiger partial charge in [0.2, 0.25) is 0 Å². The van der Waals surface area contributed by atoms with Gasteiger partial charge in [-0.2, -0.15) is 0 Å². The van der Waals surface area contributed by atoms with Crippen molar-refractivity contribution in [3.63, 3.8) is 0 Å². The zero-order chi connectivity index (χ0) is 15.6. The van der Waals surface area contributed by atoms with Crippen molar-refractivity contribution in [3.8, 4) is 0 Å². The highest BCUT2D eigenvalue weighted by Crippen LogP contribution is 2.40. The van der Waals surface area contributed by atoms with E-state index in [1.165, 1.54) is 13.5 Å². The van der Waals surface area contributed by atoms with Gasteiger partial charge in [0.05, 0.1) is 24.0 Å². The van der Waals surface area contributed by atoms with Crippen LogP contribution in [0.4, 0.5) is 11.4 Å². The van der Waals surface area contributed by atoms with Crippen molar-refractivity contribution in [1.82, 2.24) is 0 Å². The van der Waals surface area contributed by atoms with Crippen molar-refractivity contribution in [1.29, 1.82) is 0 Å². The molecule has 2 atom stereocenters. The van der Waals surface area contributed by atoms with Crippen LogP contribution in [0.5, 0.6) is 0 Å². The summed E-state index contributed by atoms with van der Waals surface area (Å²) in [5.74, 6) is 0.353. The standard InChI is InChI=1S/C17H26N2O2/c1-11-7-13(10-17(2,3)9-11)19-15-8-12(16(20)21-4)5-6-14(15)18/h5-6,8,11,13,19H,7,9-10,18H2,1-4H3/t11?,13-/m0/s1. The highest BCUT2D eigenvalue weighted by atomic mass is 16.5. The van der Waals surface area contributed by atoms with Crippen LogP contribution < -0.4 is 11.1 Å². The van der Waals surface area contributed by atoms with E-state index in [1.807, 2.05) is 0 Å². The van der Waals surface area contributed by atoms with Crippen LogP contribution in [0, 0.1) is 11.3 Å². The van der Waals surface area contributed by atoms with E-state index in [9.17, 15) is 4.79 Å². The van der Waals surface area contributed by atoms with Gasteiger partial charge in [-0.15, -0.1) is 0 Å². The molecular weight excluding hydrogens is 264 g/mol. The molecule has 21 heavy (non-hydrogen) atoms. The van der Waals surface area contributed by atoms with E-state index in [0.29, 0.717) is 28.6 Å². The highest BCUT2D eigenvalue weighted by Gasteiger charge is 2.32. The smallest absolute Gasteiger partial charge is 0.337 e. The number of carbonyl (C=O) groups is 1. The second-order valence-electron chi connectivity index (χ2n) is 7.05. The van der Waals surface area contributed by atoms with Crippen LogP contribution >= 0.6 is 0 Å². The van der Waals surface area contributed by atoms with E-state index in [-0.39, 0.29) is 5.97 Å². The molecule has 1 fully saturated rings. The first kappa shape index (κ1) is 15.7. The molecule has 4 heteroatoms. The average molecular weight is 290 g/mol. The Hall–Kier alpha value is -1.71. The molecule has 0 heterocycles. The maximum absolute atomic E-state index is 11.6. The Kier molecular flexibility index (Phi) is 4.45. The summed E-state index contributed by atoms with van der Waals surface area (Å²) in [4.78, 5) is 11.6. The zero-order valence-electron chi connectivity index (χ0n) is 13.4. The van der Waals surface area contributed by atoms with Crippen LogP contribution in [-0.4, -0.2) is 19.1 Å². The molecule has 1 aliphatic carbocycles. The number of nitrogens with one attached hydrogen (secondary N) is 1. The number of anilines is 2. The minimum atomic E-state index is -0.338. The summed E-state index contributed by atoms with van der Waals surface area (Å²) < 4.78 is 4.76. The quantitative estimate of drug-likeness (QED) is 0.658.